The lowest BCUT2D eigenvalue weighted by Gasteiger charge is -2.08. The first-order valence-corrected chi connectivity index (χ1v) is 9.19. The Morgan fingerprint density at radius 1 is 1.04 bits per heavy atom. The highest BCUT2D eigenvalue weighted by Crippen LogP contribution is 2.26. The van der Waals surface area contributed by atoms with Crippen LogP contribution in [0.4, 0.5) is 0 Å². The van der Waals surface area contributed by atoms with Crippen molar-refractivity contribution in [3.8, 4) is 11.3 Å². The maximum absolute atomic E-state index is 12.2. The Kier molecular flexibility index (Phi) is 4.67. The number of hydrogen-bond donors (Lipinski definition) is 1. The van der Waals surface area contributed by atoms with Gasteiger partial charge in [0.05, 0.1) is 22.3 Å². The predicted octanol–water partition coefficient (Wildman–Crippen LogP) is 2.73. The highest BCUT2D eigenvalue weighted by molar-refractivity contribution is 7.91. The smallest absolute Gasteiger partial charge is 0.250 e. The normalized spacial score (nSPS) is 11.5. The van der Waals surface area contributed by atoms with E-state index in [9.17, 15) is 8.42 Å². The zero-order valence-electron chi connectivity index (χ0n) is 11.7. The molecule has 3 aromatic heterocycles. The molecule has 0 aliphatic rings. The van der Waals surface area contributed by atoms with Crippen molar-refractivity contribution in [1.82, 2.24) is 19.7 Å². The fourth-order valence-electron chi connectivity index (χ4n) is 1.92. The topological polar surface area (TPSA) is 84.8 Å². The van der Waals surface area contributed by atoms with Crippen molar-refractivity contribution >= 4 is 33.0 Å². The first-order chi connectivity index (χ1) is 11.1. The summed E-state index contributed by atoms with van der Waals surface area (Å²) < 4.78 is 27.6. The van der Waals surface area contributed by atoms with Crippen molar-refractivity contribution in [3.05, 3.63) is 59.1 Å². The van der Waals surface area contributed by atoms with Gasteiger partial charge in [-0.05, 0) is 24.3 Å². The third-order valence-corrected chi connectivity index (χ3v) is 6.10. The molecule has 118 valence electrons. The molecular formula is C14H11ClN4O2S2. The lowest BCUT2D eigenvalue weighted by atomic mass is 10.1. The number of hydrogen-bond acceptors (Lipinski definition) is 6. The van der Waals surface area contributed by atoms with Crippen LogP contribution in [0.5, 0.6) is 0 Å². The van der Waals surface area contributed by atoms with Gasteiger partial charge in [0.1, 0.15) is 4.21 Å². The number of thiophene rings is 1. The molecule has 0 amide bonds. The summed E-state index contributed by atoms with van der Waals surface area (Å²) in [5, 5.41) is 0. The van der Waals surface area contributed by atoms with Crippen molar-refractivity contribution in [3.63, 3.8) is 0 Å². The molecule has 0 aliphatic carbocycles. The standard InChI is InChI=1S/C14H11ClN4O2S2/c15-12-1-2-13(22-12)23(20,21)19-9-11-14(18-8-7-17-11)10-3-5-16-6-4-10/h1-8,19H,9H2. The molecular weight excluding hydrogens is 356 g/mol. The fraction of sp³-hybridized carbons (Fsp3) is 0.0714. The van der Waals surface area contributed by atoms with Gasteiger partial charge >= 0.3 is 0 Å². The van der Waals surface area contributed by atoms with Gasteiger partial charge in [-0.2, -0.15) is 0 Å². The van der Waals surface area contributed by atoms with Gasteiger partial charge in [-0.15, -0.1) is 11.3 Å². The van der Waals surface area contributed by atoms with Gasteiger partial charge < -0.3 is 0 Å². The van der Waals surface area contributed by atoms with Gasteiger partial charge in [0.25, 0.3) is 0 Å². The summed E-state index contributed by atoms with van der Waals surface area (Å²) in [7, 11) is -3.63. The van der Waals surface area contributed by atoms with E-state index in [1.165, 1.54) is 12.3 Å². The van der Waals surface area contributed by atoms with E-state index in [4.69, 9.17) is 11.6 Å². The number of nitrogens with zero attached hydrogens (tertiary/aromatic N) is 3. The first-order valence-electron chi connectivity index (χ1n) is 6.51. The van der Waals surface area contributed by atoms with Crippen LogP contribution in [-0.2, 0) is 16.6 Å². The van der Waals surface area contributed by atoms with Crippen LogP contribution in [0, 0.1) is 0 Å². The van der Waals surface area contributed by atoms with Crippen LogP contribution in [-0.4, -0.2) is 23.4 Å². The molecule has 1 N–H and O–H groups in total. The molecule has 3 heterocycles. The lowest BCUT2D eigenvalue weighted by molar-refractivity contribution is 0.582. The Balaban J connectivity index is 1.84. The molecule has 6 nitrogen and oxygen atoms in total. The third-order valence-electron chi connectivity index (χ3n) is 2.97. The van der Waals surface area contributed by atoms with Crippen molar-refractivity contribution in [2.45, 2.75) is 10.8 Å². The van der Waals surface area contributed by atoms with Gasteiger partial charge in [-0.1, -0.05) is 11.6 Å². The molecule has 9 heteroatoms. The lowest BCUT2D eigenvalue weighted by Crippen LogP contribution is -2.23. The van der Waals surface area contributed by atoms with Crippen LogP contribution in [0.1, 0.15) is 5.69 Å². The van der Waals surface area contributed by atoms with Crippen LogP contribution in [0.25, 0.3) is 11.3 Å². The van der Waals surface area contributed by atoms with Gasteiger partial charge in [-0.25, -0.2) is 13.1 Å². The second-order valence-corrected chi connectivity index (χ2v) is 8.18. The van der Waals surface area contributed by atoms with E-state index < -0.39 is 10.0 Å². The largest absolute Gasteiger partial charge is 0.265 e. The molecule has 3 rings (SSSR count). The highest BCUT2D eigenvalue weighted by atomic mass is 35.5. The summed E-state index contributed by atoms with van der Waals surface area (Å²) >= 11 is 6.79. The fourth-order valence-corrected chi connectivity index (χ4v) is 4.44. The zero-order chi connectivity index (χ0) is 16.3. The van der Waals surface area contributed by atoms with E-state index in [1.807, 2.05) is 0 Å². The highest BCUT2D eigenvalue weighted by Gasteiger charge is 2.18. The number of sulfonamides is 1. The van der Waals surface area contributed by atoms with Crippen molar-refractivity contribution in [2.24, 2.45) is 0 Å². The Morgan fingerprint density at radius 3 is 2.48 bits per heavy atom. The van der Waals surface area contributed by atoms with E-state index in [0.29, 0.717) is 15.7 Å². The van der Waals surface area contributed by atoms with Crippen LogP contribution >= 0.6 is 22.9 Å². The number of aromatic nitrogens is 3. The minimum Gasteiger partial charge on any atom is -0.265 e. The molecule has 0 atom stereocenters. The van der Waals surface area contributed by atoms with Crippen molar-refractivity contribution in [1.29, 1.82) is 0 Å². The number of pyridine rings is 1. The van der Waals surface area contributed by atoms with Gasteiger partial charge in [0.2, 0.25) is 10.0 Å². The summed E-state index contributed by atoms with van der Waals surface area (Å²) in [5.41, 5.74) is 1.97. The summed E-state index contributed by atoms with van der Waals surface area (Å²) in [5.74, 6) is 0. The molecule has 0 saturated carbocycles. The van der Waals surface area contributed by atoms with E-state index in [0.717, 1.165) is 16.9 Å². The summed E-state index contributed by atoms with van der Waals surface area (Å²) in [6, 6.07) is 6.60. The maximum Gasteiger partial charge on any atom is 0.250 e. The Morgan fingerprint density at radius 2 is 1.78 bits per heavy atom. The monoisotopic (exact) mass is 366 g/mol. The predicted molar refractivity (Wildman–Crippen MR) is 88.6 cm³/mol. The Labute approximate surface area is 142 Å². The molecule has 3 aromatic rings. The molecule has 23 heavy (non-hydrogen) atoms. The molecule has 0 bridgehead atoms. The minimum absolute atomic E-state index is 0.0311. The summed E-state index contributed by atoms with van der Waals surface area (Å²) in [6.45, 7) is 0.0311. The third kappa shape index (κ3) is 3.73. The second kappa shape index (κ2) is 6.71. The molecule has 0 aliphatic heterocycles. The minimum atomic E-state index is -3.63. The molecule has 0 aromatic carbocycles. The van der Waals surface area contributed by atoms with Crippen molar-refractivity contribution < 1.29 is 8.42 Å². The second-order valence-electron chi connectivity index (χ2n) is 4.47. The molecule has 0 radical (unpaired) electrons. The number of rotatable bonds is 5. The zero-order valence-corrected chi connectivity index (χ0v) is 14.1. The maximum atomic E-state index is 12.2. The van der Waals surface area contributed by atoms with Gasteiger partial charge in [0, 0.05) is 30.4 Å². The van der Waals surface area contributed by atoms with E-state index in [-0.39, 0.29) is 10.8 Å². The average Bonchev–Trinajstić information content (AvgIpc) is 3.02. The first kappa shape index (κ1) is 16.0. The average molecular weight is 367 g/mol. The molecule has 0 unspecified atom stereocenters. The van der Waals surface area contributed by atoms with Crippen LogP contribution < -0.4 is 4.72 Å². The quantitative estimate of drug-likeness (QED) is 0.750. The van der Waals surface area contributed by atoms with E-state index in [2.05, 4.69) is 19.7 Å². The van der Waals surface area contributed by atoms with Crippen LogP contribution in [0.2, 0.25) is 4.34 Å². The van der Waals surface area contributed by atoms with Crippen LogP contribution in [0.15, 0.2) is 53.3 Å². The van der Waals surface area contributed by atoms with Crippen molar-refractivity contribution in [2.75, 3.05) is 0 Å². The molecule has 0 fully saturated rings. The molecule has 0 spiro atoms. The number of halogens is 1. The van der Waals surface area contributed by atoms with Gasteiger partial charge in [0.15, 0.2) is 0 Å². The Bertz CT molecular complexity index is 913. The van der Waals surface area contributed by atoms with E-state index >= 15 is 0 Å². The number of nitrogens with one attached hydrogen (secondary N) is 1. The van der Waals surface area contributed by atoms with E-state index in [1.54, 1.807) is 36.8 Å². The van der Waals surface area contributed by atoms with Gasteiger partial charge in [-0.3, -0.25) is 15.0 Å². The summed E-state index contributed by atoms with van der Waals surface area (Å²) in [4.78, 5) is 12.5. The SMILES string of the molecule is O=S(=O)(NCc1nccnc1-c1ccncc1)c1ccc(Cl)s1. The summed E-state index contributed by atoms with van der Waals surface area (Å²) in [6.07, 6.45) is 6.38. The van der Waals surface area contributed by atoms with Crippen LogP contribution in [0.3, 0.4) is 0 Å². The Hall–Kier alpha value is -1.87. The molecule has 0 saturated heterocycles.